The topological polar surface area (TPSA) is 52.8 Å². The Kier molecular flexibility index (Phi) is 3.67. The number of para-hydroxylation sites is 1. The minimum atomic E-state index is -0.162. The van der Waals surface area contributed by atoms with E-state index in [2.05, 4.69) is 20.9 Å². The van der Waals surface area contributed by atoms with Gasteiger partial charge in [-0.2, -0.15) is 0 Å². The monoisotopic (exact) mass is 305 g/mol. The first kappa shape index (κ1) is 12.6. The van der Waals surface area contributed by atoms with Gasteiger partial charge in [0.25, 0.3) is 0 Å². The number of benzene rings is 2. The minimum Gasteiger partial charge on any atom is -0.504 e. The Morgan fingerprint density at radius 2 is 1.83 bits per heavy atom. The lowest BCUT2D eigenvalue weighted by Crippen LogP contribution is -1.83. The van der Waals surface area contributed by atoms with E-state index in [9.17, 15) is 10.2 Å². The molecule has 2 aromatic carbocycles. The number of aryl methyl sites for hydroxylation is 1. The van der Waals surface area contributed by atoms with Crippen molar-refractivity contribution < 1.29 is 10.2 Å². The number of aliphatic imine (C=N–C) groups is 1. The van der Waals surface area contributed by atoms with Crippen LogP contribution in [0.1, 0.15) is 11.1 Å². The average Bonchev–Trinajstić information content (AvgIpc) is 2.36. The summed E-state index contributed by atoms with van der Waals surface area (Å²) >= 11 is 3.46. The van der Waals surface area contributed by atoms with Crippen molar-refractivity contribution in [3.63, 3.8) is 0 Å². The predicted molar refractivity (Wildman–Crippen MR) is 75.9 cm³/mol. The van der Waals surface area contributed by atoms with Crippen molar-refractivity contribution in [1.82, 2.24) is 0 Å². The van der Waals surface area contributed by atoms with Crippen molar-refractivity contribution in [2.75, 3.05) is 0 Å². The largest absolute Gasteiger partial charge is 0.504 e. The van der Waals surface area contributed by atoms with Crippen LogP contribution in [0, 0.1) is 6.92 Å². The molecule has 0 bridgehead atoms. The number of aromatic hydroxyl groups is 2. The van der Waals surface area contributed by atoms with Gasteiger partial charge in [-0.3, -0.25) is 4.99 Å². The molecule has 0 atom stereocenters. The van der Waals surface area contributed by atoms with Crippen LogP contribution in [0.5, 0.6) is 11.5 Å². The molecule has 0 heterocycles. The summed E-state index contributed by atoms with van der Waals surface area (Å²) in [7, 11) is 0. The number of halogens is 1. The molecule has 3 nitrogen and oxygen atoms in total. The van der Waals surface area contributed by atoms with Crippen LogP contribution in [0.15, 0.2) is 45.9 Å². The van der Waals surface area contributed by atoms with Gasteiger partial charge in [-0.25, -0.2) is 0 Å². The Balaban J connectivity index is 2.36. The third kappa shape index (κ3) is 2.54. The molecule has 0 fully saturated rings. The molecule has 2 rings (SSSR count). The molecule has 0 spiro atoms. The Labute approximate surface area is 114 Å². The van der Waals surface area contributed by atoms with Crippen molar-refractivity contribution in [2.24, 2.45) is 4.99 Å². The highest BCUT2D eigenvalue weighted by atomic mass is 79.9. The highest BCUT2D eigenvalue weighted by molar-refractivity contribution is 9.10. The van der Waals surface area contributed by atoms with Crippen molar-refractivity contribution in [1.29, 1.82) is 0 Å². The second-order valence-electron chi connectivity index (χ2n) is 3.88. The smallest absolute Gasteiger partial charge is 0.166 e. The maximum Gasteiger partial charge on any atom is 0.166 e. The van der Waals surface area contributed by atoms with E-state index in [1.807, 2.05) is 25.1 Å². The number of hydrogen-bond donors (Lipinski definition) is 2. The van der Waals surface area contributed by atoms with Gasteiger partial charge in [0.1, 0.15) is 0 Å². The van der Waals surface area contributed by atoms with E-state index in [1.165, 1.54) is 12.3 Å². The molecule has 0 aliphatic rings. The second-order valence-corrected chi connectivity index (χ2v) is 4.67. The number of hydrogen-bond acceptors (Lipinski definition) is 3. The van der Waals surface area contributed by atoms with E-state index in [1.54, 1.807) is 12.1 Å². The zero-order valence-electron chi connectivity index (χ0n) is 9.76. The zero-order chi connectivity index (χ0) is 13.1. The van der Waals surface area contributed by atoms with E-state index in [0.717, 1.165) is 15.7 Å². The van der Waals surface area contributed by atoms with Crippen LogP contribution in [0.3, 0.4) is 0 Å². The molecule has 2 aromatic rings. The Morgan fingerprint density at radius 1 is 1.11 bits per heavy atom. The molecular weight excluding hydrogens is 294 g/mol. The van der Waals surface area contributed by atoms with Gasteiger partial charge in [0.15, 0.2) is 11.5 Å². The number of rotatable bonds is 2. The van der Waals surface area contributed by atoms with Crippen LogP contribution in [-0.2, 0) is 0 Å². The fourth-order valence-electron chi connectivity index (χ4n) is 1.52. The Morgan fingerprint density at radius 3 is 2.61 bits per heavy atom. The first-order valence-corrected chi connectivity index (χ1v) is 6.19. The molecule has 0 saturated heterocycles. The molecule has 92 valence electrons. The van der Waals surface area contributed by atoms with Crippen LogP contribution in [0.4, 0.5) is 5.69 Å². The van der Waals surface area contributed by atoms with Crippen LogP contribution in [0.2, 0.25) is 0 Å². The van der Waals surface area contributed by atoms with Gasteiger partial charge < -0.3 is 10.2 Å². The lowest BCUT2D eigenvalue weighted by atomic mass is 10.2. The summed E-state index contributed by atoms with van der Waals surface area (Å²) in [4.78, 5) is 4.30. The van der Waals surface area contributed by atoms with Crippen LogP contribution < -0.4 is 0 Å². The molecule has 4 heteroatoms. The van der Waals surface area contributed by atoms with Crippen molar-refractivity contribution in [3.8, 4) is 11.5 Å². The van der Waals surface area contributed by atoms with Gasteiger partial charge in [-0.1, -0.05) is 18.2 Å². The summed E-state index contributed by atoms with van der Waals surface area (Å²) in [5, 5.41) is 19.0. The van der Waals surface area contributed by atoms with E-state index >= 15 is 0 Å². The number of phenolic OH excluding ortho intramolecular Hbond substituents is 2. The molecule has 0 unspecified atom stereocenters. The molecule has 0 radical (unpaired) electrons. The molecule has 2 N–H and O–H groups in total. The average molecular weight is 306 g/mol. The van der Waals surface area contributed by atoms with Gasteiger partial charge in [-0.15, -0.1) is 0 Å². The third-order valence-electron chi connectivity index (χ3n) is 2.56. The SMILES string of the molecule is Cc1cccc(N=Cc2cccc(O)c2O)c1Br. The molecule has 18 heavy (non-hydrogen) atoms. The molecule has 0 aliphatic heterocycles. The molecular formula is C14H12BrNO2. The Hall–Kier alpha value is -1.81. The number of phenols is 2. The fourth-order valence-corrected chi connectivity index (χ4v) is 1.89. The summed E-state index contributed by atoms with van der Waals surface area (Å²) in [6.07, 6.45) is 1.52. The van der Waals surface area contributed by atoms with E-state index in [0.29, 0.717) is 5.56 Å². The quantitative estimate of drug-likeness (QED) is 0.652. The minimum absolute atomic E-state index is 0.151. The van der Waals surface area contributed by atoms with Gasteiger partial charge in [0.2, 0.25) is 0 Å². The summed E-state index contributed by atoms with van der Waals surface area (Å²) < 4.78 is 0.917. The second kappa shape index (κ2) is 5.23. The predicted octanol–water partition coefficient (Wildman–Crippen LogP) is 3.92. The fraction of sp³-hybridized carbons (Fsp3) is 0.0714. The Bertz CT molecular complexity index is 555. The summed E-state index contributed by atoms with van der Waals surface area (Å²) in [6.45, 7) is 1.98. The lowest BCUT2D eigenvalue weighted by molar-refractivity contribution is 0.403. The highest BCUT2D eigenvalue weighted by Crippen LogP contribution is 2.30. The highest BCUT2D eigenvalue weighted by Gasteiger charge is 2.04. The summed E-state index contributed by atoms with van der Waals surface area (Å²) in [5.41, 5.74) is 2.34. The summed E-state index contributed by atoms with van der Waals surface area (Å²) in [6, 6.07) is 10.5. The van der Waals surface area contributed by atoms with E-state index in [-0.39, 0.29) is 11.5 Å². The standard InChI is InChI=1S/C14H12BrNO2/c1-9-4-2-6-11(13(9)15)16-8-10-5-3-7-12(17)14(10)18/h2-8,17-18H,1H3. The van der Waals surface area contributed by atoms with Crippen LogP contribution in [0.25, 0.3) is 0 Å². The first-order valence-electron chi connectivity index (χ1n) is 5.39. The normalized spacial score (nSPS) is 11.0. The van der Waals surface area contributed by atoms with Crippen LogP contribution in [-0.4, -0.2) is 16.4 Å². The maximum absolute atomic E-state index is 9.65. The first-order chi connectivity index (χ1) is 8.59. The van der Waals surface area contributed by atoms with E-state index < -0.39 is 0 Å². The molecule has 0 saturated carbocycles. The van der Waals surface area contributed by atoms with Crippen molar-refractivity contribution in [2.45, 2.75) is 6.92 Å². The van der Waals surface area contributed by atoms with Gasteiger partial charge >= 0.3 is 0 Å². The van der Waals surface area contributed by atoms with E-state index in [4.69, 9.17) is 0 Å². The van der Waals surface area contributed by atoms with Crippen molar-refractivity contribution in [3.05, 3.63) is 52.0 Å². The molecule has 0 aromatic heterocycles. The maximum atomic E-state index is 9.65. The third-order valence-corrected chi connectivity index (χ3v) is 3.59. The number of nitrogens with zero attached hydrogens (tertiary/aromatic N) is 1. The van der Waals surface area contributed by atoms with Gasteiger partial charge in [0.05, 0.1) is 5.69 Å². The molecule has 0 amide bonds. The lowest BCUT2D eigenvalue weighted by Gasteiger charge is -2.03. The van der Waals surface area contributed by atoms with Crippen molar-refractivity contribution >= 4 is 27.8 Å². The zero-order valence-corrected chi connectivity index (χ0v) is 11.3. The van der Waals surface area contributed by atoms with Gasteiger partial charge in [0, 0.05) is 16.3 Å². The molecule has 0 aliphatic carbocycles. The summed E-state index contributed by atoms with van der Waals surface area (Å²) in [5.74, 6) is -0.313. The van der Waals surface area contributed by atoms with Crippen LogP contribution >= 0.6 is 15.9 Å². The van der Waals surface area contributed by atoms with Gasteiger partial charge in [-0.05, 0) is 46.6 Å².